The van der Waals surface area contributed by atoms with Crippen LogP contribution in [-0.2, 0) is 4.79 Å². The predicted octanol–water partition coefficient (Wildman–Crippen LogP) is 3.95. The van der Waals surface area contributed by atoms with E-state index < -0.39 is 0 Å². The van der Waals surface area contributed by atoms with Crippen molar-refractivity contribution in [2.45, 2.75) is 12.8 Å². The number of amides is 1. The zero-order chi connectivity index (χ0) is 24.8. The highest BCUT2D eigenvalue weighted by Crippen LogP contribution is 2.33. The van der Waals surface area contributed by atoms with Crippen LogP contribution in [0.2, 0.25) is 0 Å². The predicted molar refractivity (Wildman–Crippen MR) is 133 cm³/mol. The molecule has 0 atom stereocenters. The molecule has 0 bridgehead atoms. The topological polar surface area (TPSA) is 137 Å². The van der Waals surface area contributed by atoms with Crippen molar-refractivity contribution < 1.29 is 14.6 Å². The molecule has 0 spiro atoms. The van der Waals surface area contributed by atoms with Crippen molar-refractivity contribution in [2.75, 3.05) is 30.7 Å². The summed E-state index contributed by atoms with van der Waals surface area (Å²) in [7, 11) is 0. The van der Waals surface area contributed by atoms with Crippen molar-refractivity contribution in [3.05, 3.63) is 67.0 Å². The van der Waals surface area contributed by atoms with Crippen molar-refractivity contribution in [2.24, 2.45) is 5.92 Å². The Hall–Kier alpha value is -4.58. The normalized spacial score (nSPS) is 13.6. The lowest BCUT2D eigenvalue weighted by Crippen LogP contribution is -2.40. The second-order valence-corrected chi connectivity index (χ2v) is 8.31. The Balaban J connectivity index is 1.40. The van der Waals surface area contributed by atoms with Crippen LogP contribution >= 0.6 is 0 Å². The largest absolute Gasteiger partial charge is 0.508 e. The lowest BCUT2D eigenvalue weighted by Gasteiger charge is -2.32. The van der Waals surface area contributed by atoms with E-state index in [1.807, 2.05) is 30.3 Å². The highest BCUT2D eigenvalue weighted by molar-refractivity contribution is 5.96. The molecule has 1 amide bonds. The van der Waals surface area contributed by atoms with Gasteiger partial charge in [-0.2, -0.15) is 5.26 Å². The number of nitrogens with zero attached hydrogens (tertiary/aromatic N) is 4. The number of nitriles is 1. The zero-order valence-electron chi connectivity index (χ0n) is 19.1. The number of phenolic OH excluding ortho intramolecular Hbond substituents is 1. The number of piperidine rings is 1. The van der Waals surface area contributed by atoms with Crippen LogP contribution in [0.5, 0.6) is 17.2 Å². The van der Waals surface area contributed by atoms with Crippen LogP contribution in [-0.4, -0.2) is 45.5 Å². The summed E-state index contributed by atoms with van der Waals surface area (Å²) in [5, 5.41) is 21.7. The molecule has 4 rings (SSSR count). The number of anilines is 2. The maximum Gasteiger partial charge on any atom is 0.263 e. The smallest absolute Gasteiger partial charge is 0.263 e. The van der Waals surface area contributed by atoms with Crippen molar-refractivity contribution in [3.8, 4) is 34.4 Å². The van der Waals surface area contributed by atoms with E-state index in [2.05, 4.69) is 21.9 Å². The average Bonchev–Trinajstić information content (AvgIpc) is 2.89. The molecule has 35 heavy (non-hydrogen) atoms. The van der Waals surface area contributed by atoms with Gasteiger partial charge in [-0.3, -0.25) is 4.79 Å². The fraction of sp³-hybridized carbons (Fsp3) is 0.231. The Labute approximate surface area is 203 Å². The number of likely N-dealkylation sites (tertiary alicyclic amines) is 1. The first-order valence-corrected chi connectivity index (χ1v) is 11.2. The Morgan fingerprint density at radius 1 is 1.14 bits per heavy atom. The van der Waals surface area contributed by atoms with Gasteiger partial charge in [0.05, 0.1) is 5.56 Å². The molecule has 0 unspecified atom stereocenters. The van der Waals surface area contributed by atoms with Gasteiger partial charge < -0.3 is 25.8 Å². The number of aromatic hydroxyl groups is 1. The Morgan fingerprint density at radius 2 is 1.77 bits per heavy atom. The van der Waals surface area contributed by atoms with Crippen LogP contribution < -0.4 is 15.8 Å². The molecule has 9 nitrogen and oxygen atoms in total. The third-order valence-corrected chi connectivity index (χ3v) is 5.95. The molecule has 178 valence electrons. The molecule has 1 aromatic heterocycles. The molecule has 1 fully saturated rings. The Kier molecular flexibility index (Phi) is 7.12. The van der Waals surface area contributed by atoms with Crippen LogP contribution in [0, 0.1) is 17.2 Å². The first-order valence-electron chi connectivity index (χ1n) is 11.2. The Morgan fingerprint density at radius 3 is 2.40 bits per heavy atom. The summed E-state index contributed by atoms with van der Waals surface area (Å²) in [6.45, 7) is 5.37. The molecule has 1 aliphatic heterocycles. The number of hydrogen-bond donors (Lipinski definition) is 3. The number of nitrogens with one attached hydrogen (secondary N) is 1. The summed E-state index contributed by atoms with van der Waals surface area (Å²) >= 11 is 0. The van der Waals surface area contributed by atoms with Gasteiger partial charge >= 0.3 is 0 Å². The molecule has 0 aliphatic carbocycles. The highest BCUT2D eigenvalue weighted by atomic mass is 16.5. The number of phenols is 1. The van der Waals surface area contributed by atoms with Gasteiger partial charge in [0.15, 0.2) is 0 Å². The van der Waals surface area contributed by atoms with Gasteiger partial charge in [0, 0.05) is 19.6 Å². The van der Waals surface area contributed by atoms with E-state index >= 15 is 0 Å². The first-order chi connectivity index (χ1) is 16.9. The number of ether oxygens (including phenoxy) is 1. The van der Waals surface area contributed by atoms with Crippen LogP contribution in [0.25, 0.3) is 11.1 Å². The molecular weight excluding hydrogens is 444 g/mol. The molecule has 0 saturated carbocycles. The van der Waals surface area contributed by atoms with Crippen molar-refractivity contribution in [1.82, 2.24) is 14.9 Å². The summed E-state index contributed by atoms with van der Waals surface area (Å²) in [5.41, 5.74) is 7.74. The van der Waals surface area contributed by atoms with E-state index in [1.54, 1.807) is 29.2 Å². The summed E-state index contributed by atoms with van der Waals surface area (Å²) in [5.74, 6) is 2.50. The quantitative estimate of drug-likeness (QED) is 0.349. The SMILES string of the molecule is C=C(C#N)C(=O)N1CCC(CNc2ncnc(N)c2-c2ccc(Oc3ccc(O)cc3)cc2)CC1. The van der Waals surface area contributed by atoms with Crippen molar-refractivity contribution in [1.29, 1.82) is 5.26 Å². The van der Waals surface area contributed by atoms with Crippen LogP contribution in [0.1, 0.15) is 12.8 Å². The lowest BCUT2D eigenvalue weighted by atomic mass is 9.96. The van der Waals surface area contributed by atoms with Gasteiger partial charge in [0.25, 0.3) is 5.91 Å². The summed E-state index contributed by atoms with van der Waals surface area (Å²) in [6.07, 6.45) is 3.06. The molecule has 1 aliphatic rings. The van der Waals surface area contributed by atoms with Gasteiger partial charge in [-0.15, -0.1) is 0 Å². The van der Waals surface area contributed by atoms with E-state index in [1.165, 1.54) is 6.33 Å². The molecule has 0 radical (unpaired) electrons. The van der Waals surface area contributed by atoms with E-state index in [4.69, 9.17) is 15.7 Å². The average molecular weight is 471 g/mol. The van der Waals surface area contributed by atoms with E-state index in [0.717, 1.165) is 18.4 Å². The number of carbonyl (C=O) groups excluding carboxylic acids is 1. The third kappa shape index (κ3) is 5.68. The maximum absolute atomic E-state index is 12.1. The molecule has 2 aromatic carbocycles. The lowest BCUT2D eigenvalue weighted by molar-refractivity contribution is -0.127. The third-order valence-electron chi connectivity index (χ3n) is 5.95. The number of nitrogens with two attached hydrogens (primary N) is 1. The molecular formula is C26H26N6O3. The molecule has 3 aromatic rings. The summed E-state index contributed by atoms with van der Waals surface area (Å²) in [4.78, 5) is 22.4. The Bertz CT molecular complexity index is 1240. The number of carbonyl (C=O) groups is 1. The second-order valence-electron chi connectivity index (χ2n) is 8.31. The van der Waals surface area contributed by atoms with Crippen LogP contribution in [0.4, 0.5) is 11.6 Å². The number of hydrogen-bond acceptors (Lipinski definition) is 8. The van der Waals surface area contributed by atoms with Gasteiger partial charge in [0.1, 0.15) is 46.9 Å². The highest BCUT2D eigenvalue weighted by Gasteiger charge is 2.24. The van der Waals surface area contributed by atoms with E-state index in [-0.39, 0.29) is 17.2 Å². The van der Waals surface area contributed by atoms with E-state index in [0.29, 0.717) is 54.3 Å². The fourth-order valence-electron chi connectivity index (χ4n) is 3.98. The van der Waals surface area contributed by atoms with Crippen molar-refractivity contribution >= 4 is 17.5 Å². The summed E-state index contributed by atoms with van der Waals surface area (Å²) in [6, 6.07) is 15.8. The molecule has 1 saturated heterocycles. The van der Waals surface area contributed by atoms with Crippen LogP contribution in [0.3, 0.4) is 0 Å². The van der Waals surface area contributed by atoms with Gasteiger partial charge in [-0.1, -0.05) is 18.7 Å². The minimum Gasteiger partial charge on any atom is -0.508 e. The molecule has 2 heterocycles. The van der Waals surface area contributed by atoms with Gasteiger partial charge in [0.2, 0.25) is 0 Å². The van der Waals surface area contributed by atoms with Gasteiger partial charge in [-0.25, -0.2) is 9.97 Å². The number of nitrogen functional groups attached to an aromatic ring is 1. The van der Waals surface area contributed by atoms with E-state index in [9.17, 15) is 9.90 Å². The monoisotopic (exact) mass is 470 g/mol. The minimum absolute atomic E-state index is 0.0258. The maximum atomic E-state index is 12.1. The number of aromatic nitrogens is 2. The molecule has 9 heteroatoms. The first kappa shape index (κ1) is 23.6. The summed E-state index contributed by atoms with van der Waals surface area (Å²) < 4.78 is 5.82. The number of rotatable bonds is 7. The fourth-order valence-corrected chi connectivity index (χ4v) is 3.98. The minimum atomic E-state index is -0.289. The number of benzene rings is 2. The second kappa shape index (κ2) is 10.6. The van der Waals surface area contributed by atoms with Gasteiger partial charge in [-0.05, 0) is 60.7 Å². The standard InChI is InChI=1S/C26H26N6O3/c1-17(14-27)26(34)32-12-10-18(11-13-32)15-29-25-23(24(28)30-16-31-25)19-2-6-21(7-3-19)35-22-8-4-20(33)5-9-22/h2-9,16,18,33H,1,10-13,15H2,(H3,28,29,30,31). The van der Waals surface area contributed by atoms with Crippen molar-refractivity contribution in [3.63, 3.8) is 0 Å². The zero-order valence-corrected chi connectivity index (χ0v) is 19.1. The van der Waals surface area contributed by atoms with Crippen LogP contribution in [0.15, 0.2) is 67.0 Å². The molecule has 4 N–H and O–H groups in total.